The molecule has 2 heterocycles. The van der Waals surface area contributed by atoms with Gasteiger partial charge in [-0.1, -0.05) is 0 Å². The van der Waals surface area contributed by atoms with E-state index in [-0.39, 0.29) is 35.1 Å². The van der Waals surface area contributed by atoms with Crippen molar-refractivity contribution < 1.29 is 26.9 Å². The molecule has 1 fully saturated rings. The quantitative estimate of drug-likeness (QED) is 0.410. The molecule has 32 heavy (non-hydrogen) atoms. The minimum Gasteiger partial charge on any atom is -0.459 e. The fourth-order valence-electron chi connectivity index (χ4n) is 3.68. The number of non-ortho nitro benzene ring substituents is 1. The summed E-state index contributed by atoms with van der Waals surface area (Å²) < 4.78 is 43.1. The molecule has 1 aromatic heterocycles. The average molecular weight is 458 g/mol. The van der Waals surface area contributed by atoms with E-state index < -0.39 is 26.7 Å². The predicted molar refractivity (Wildman–Crippen MR) is 114 cm³/mol. The molecule has 1 saturated heterocycles. The van der Waals surface area contributed by atoms with E-state index in [1.165, 1.54) is 41.3 Å². The third-order valence-electron chi connectivity index (χ3n) is 5.35. The van der Waals surface area contributed by atoms with Crippen LogP contribution in [0.3, 0.4) is 0 Å². The molecule has 166 valence electrons. The van der Waals surface area contributed by atoms with Crippen LogP contribution in [0.15, 0.2) is 65.1 Å². The third kappa shape index (κ3) is 4.70. The number of nitro benzene ring substituents is 1. The predicted octanol–water partition coefficient (Wildman–Crippen LogP) is 3.82. The van der Waals surface area contributed by atoms with E-state index >= 15 is 0 Å². The number of hydrogen-bond donors (Lipinski definition) is 0. The van der Waals surface area contributed by atoms with Crippen molar-refractivity contribution in [1.29, 1.82) is 0 Å². The fourth-order valence-corrected chi connectivity index (χ4v) is 5.41. The number of rotatable bonds is 6. The van der Waals surface area contributed by atoms with Crippen molar-refractivity contribution in [2.24, 2.45) is 0 Å². The van der Waals surface area contributed by atoms with Gasteiger partial charge in [0.1, 0.15) is 17.3 Å². The van der Waals surface area contributed by atoms with Crippen LogP contribution in [0.25, 0.3) is 11.3 Å². The van der Waals surface area contributed by atoms with Crippen molar-refractivity contribution in [3.05, 3.63) is 87.9 Å². The minimum atomic E-state index is -3.26. The molecule has 0 spiro atoms. The van der Waals surface area contributed by atoms with Gasteiger partial charge in [0.2, 0.25) is 0 Å². The number of halogens is 1. The second-order valence-corrected chi connectivity index (χ2v) is 9.80. The first-order chi connectivity index (χ1) is 15.2. The van der Waals surface area contributed by atoms with E-state index in [1.54, 1.807) is 24.3 Å². The number of amides is 1. The van der Waals surface area contributed by atoms with Crippen molar-refractivity contribution in [3.8, 4) is 11.3 Å². The van der Waals surface area contributed by atoms with E-state index in [0.29, 0.717) is 23.5 Å². The maximum atomic E-state index is 13.2. The Labute approximate surface area is 183 Å². The van der Waals surface area contributed by atoms with Crippen molar-refractivity contribution in [3.63, 3.8) is 0 Å². The monoisotopic (exact) mass is 458 g/mol. The lowest BCUT2D eigenvalue weighted by Crippen LogP contribution is -2.40. The lowest BCUT2D eigenvalue weighted by Gasteiger charge is -2.27. The number of carbonyl (C=O) groups is 1. The molecular weight excluding hydrogens is 439 g/mol. The van der Waals surface area contributed by atoms with Crippen molar-refractivity contribution in [2.75, 3.05) is 11.5 Å². The van der Waals surface area contributed by atoms with E-state index in [0.717, 1.165) is 0 Å². The van der Waals surface area contributed by atoms with Gasteiger partial charge in [0.25, 0.3) is 11.6 Å². The second kappa shape index (κ2) is 8.54. The van der Waals surface area contributed by atoms with Crippen LogP contribution < -0.4 is 0 Å². The maximum absolute atomic E-state index is 13.2. The van der Waals surface area contributed by atoms with Crippen LogP contribution in [0, 0.1) is 15.9 Å². The van der Waals surface area contributed by atoms with Gasteiger partial charge in [0.05, 0.1) is 23.0 Å². The smallest absolute Gasteiger partial charge is 0.269 e. The van der Waals surface area contributed by atoms with Crippen LogP contribution in [-0.4, -0.2) is 41.7 Å². The highest BCUT2D eigenvalue weighted by Gasteiger charge is 2.35. The largest absolute Gasteiger partial charge is 0.459 e. The number of carbonyl (C=O) groups excluding carboxylic acids is 1. The van der Waals surface area contributed by atoms with Crippen LogP contribution in [0.5, 0.6) is 0 Å². The summed E-state index contributed by atoms with van der Waals surface area (Å²) in [6.07, 6.45) is 0.298. The van der Waals surface area contributed by atoms with Gasteiger partial charge in [0.15, 0.2) is 9.84 Å². The van der Waals surface area contributed by atoms with Gasteiger partial charge >= 0.3 is 0 Å². The standard InChI is InChI=1S/C22H19FN2O6S/c23-17-5-1-15(2-6-17)21-10-9-20(31-21)13-24(19-11-12-32(29,30)14-19)22(26)16-3-7-18(8-4-16)25(27)28/h1-10,19H,11-14H2. The zero-order valence-electron chi connectivity index (χ0n) is 16.8. The lowest BCUT2D eigenvalue weighted by atomic mass is 10.1. The molecule has 4 rings (SSSR count). The lowest BCUT2D eigenvalue weighted by molar-refractivity contribution is -0.384. The van der Waals surface area contributed by atoms with E-state index in [1.807, 2.05) is 0 Å². The van der Waals surface area contributed by atoms with Gasteiger partial charge in [0, 0.05) is 29.3 Å². The van der Waals surface area contributed by atoms with Crippen molar-refractivity contribution in [1.82, 2.24) is 4.90 Å². The molecule has 1 aliphatic heterocycles. The highest BCUT2D eigenvalue weighted by molar-refractivity contribution is 7.91. The number of benzene rings is 2. The van der Waals surface area contributed by atoms with Crippen LogP contribution in [0.4, 0.5) is 10.1 Å². The first-order valence-corrected chi connectivity index (χ1v) is 11.6. The SMILES string of the molecule is O=C(c1ccc([N+](=O)[O-])cc1)N(Cc1ccc(-c2ccc(F)cc2)o1)C1CCS(=O)(=O)C1. The molecule has 0 N–H and O–H groups in total. The number of nitro groups is 1. The Morgan fingerprint density at radius 3 is 2.38 bits per heavy atom. The molecule has 0 radical (unpaired) electrons. The molecule has 0 aliphatic carbocycles. The van der Waals surface area contributed by atoms with Crippen LogP contribution in [0.1, 0.15) is 22.5 Å². The molecule has 0 bridgehead atoms. The average Bonchev–Trinajstić information content (AvgIpc) is 3.38. The summed E-state index contributed by atoms with van der Waals surface area (Å²) in [7, 11) is -3.26. The van der Waals surface area contributed by atoms with E-state index in [9.17, 15) is 27.7 Å². The summed E-state index contributed by atoms with van der Waals surface area (Å²) >= 11 is 0. The number of nitrogens with zero attached hydrogens (tertiary/aromatic N) is 2. The Hall–Kier alpha value is -3.53. The molecule has 8 nitrogen and oxygen atoms in total. The zero-order valence-corrected chi connectivity index (χ0v) is 17.6. The second-order valence-electron chi connectivity index (χ2n) is 7.57. The topological polar surface area (TPSA) is 111 Å². The molecule has 0 saturated carbocycles. The van der Waals surface area contributed by atoms with Gasteiger partial charge in [-0.25, -0.2) is 12.8 Å². The number of sulfone groups is 1. The Morgan fingerprint density at radius 1 is 1.09 bits per heavy atom. The van der Waals surface area contributed by atoms with Gasteiger partial charge in [-0.05, 0) is 55.0 Å². The van der Waals surface area contributed by atoms with Gasteiger partial charge in [-0.2, -0.15) is 0 Å². The fraction of sp³-hybridized carbons (Fsp3) is 0.227. The van der Waals surface area contributed by atoms with Crippen LogP contribution >= 0.6 is 0 Å². The van der Waals surface area contributed by atoms with Crippen LogP contribution in [-0.2, 0) is 16.4 Å². The summed E-state index contributed by atoms with van der Waals surface area (Å²) in [6.45, 7) is 0.0250. The molecule has 1 amide bonds. The summed E-state index contributed by atoms with van der Waals surface area (Å²) in [6, 6.07) is 13.8. The minimum absolute atomic E-state index is 0.0132. The Morgan fingerprint density at radius 2 is 1.78 bits per heavy atom. The summed E-state index contributed by atoms with van der Waals surface area (Å²) in [5, 5.41) is 10.9. The highest BCUT2D eigenvalue weighted by atomic mass is 32.2. The van der Waals surface area contributed by atoms with E-state index in [4.69, 9.17) is 4.42 Å². The van der Waals surface area contributed by atoms with Gasteiger partial charge in [-0.3, -0.25) is 14.9 Å². The molecule has 1 atom stereocenters. The molecule has 2 aromatic carbocycles. The highest BCUT2D eigenvalue weighted by Crippen LogP contribution is 2.27. The summed E-state index contributed by atoms with van der Waals surface area (Å²) in [5.41, 5.74) is 0.728. The molecule has 10 heteroatoms. The Kier molecular flexibility index (Phi) is 5.79. The first-order valence-electron chi connectivity index (χ1n) is 9.82. The maximum Gasteiger partial charge on any atom is 0.269 e. The van der Waals surface area contributed by atoms with Gasteiger partial charge < -0.3 is 9.32 Å². The summed E-state index contributed by atoms with van der Waals surface area (Å²) in [5.74, 6) is -0.0620. The molecule has 3 aromatic rings. The molecular formula is C22H19FN2O6S. The number of furan rings is 1. The zero-order chi connectivity index (χ0) is 22.9. The molecule has 1 aliphatic rings. The Balaban J connectivity index is 1.61. The normalized spacial score (nSPS) is 17.2. The Bertz CT molecular complexity index is 1250. The van der Waals surface area contributed by atoms with Crippen molar-refractivity contribution >= 4 is 21.4 Å². The van der Waals surface area contributed by atoms with Crippen molar-refractivity contribution in [2.45, 2.75) is 19.0 Å². The molecule has 1 unspecified atom stereocenters. The van der Waals surface area contributed by atoms with E-state index in [2.05, 4.69) is 0 Å². The first kappa shape index (κ1) is 21.7. The summed E-state index contributed by atoms with van der Waals surface area (Å²) in [4.78, 5) is 25.0. The number of hydrogen-bond acceptors (Lipinski definition) is 6. The van der Waals surface area contributed by atoms with Gasteiger partial charge in [-0.15, -0.1) is 0 Å². The van der Waals surface area contributed by atoms with Crippen LogP contribution in [0.2, 0.25) is 0 Å². The third-order valence-corrected chi connectivity index (χ3v) is 7.10.